The van der Waals surface area contributed by atoms with E-state index in [2.05, 4.69) is 16.0 Å². The number of carbonyl (C=O) groups is 2. The molecule has 1 heterocycles. The number of hydrogen-bond donors (Lipinski definition) is 3. The van der Waals surface area contributed by atoms with E-state index in [9.17, 15) is 19.6 Å². The lowest BCUT2D eigenvalue weighted by molar-refractivity contribution is -0.115. The van der Waals surface area contributed by atoms with E-state index in [0.717, 1.165) is 11.3 Å². The van der Waals surface area contributed by atoms with E-state index in [4.69, 9.17) is 0 Å². The Morgan fingerprint density at radius 3 is 2.61 bits per heavy atom. The minimum absolute atomic E-state index is 0.0851. The number of rotatable bonds is 6. The number of nitrogens with one attached hydrogen (secondary N) is 3. The molecular weight excluding hydrogens is 378 g/mol. The van der Waals surface area contributed by atoms with Crippen molar-refractivity contribution in [3.8, 4) is 6.07 Å². The Balaban J connectivity index is 2.49. The molecule has 2 amide bonds. The van der Waals surface area contributed by atoms with Crippen LogP contribution in [-0.2, 0) is 16.1 Å². The van der Waals surface area contributed by atoms with Gasteiger partial charge >= 0.3 is 0 Å². The van der Waals surface area contributed by atoms with Crippen LogP contribution >= 0.6 is 11.3 Å². The average Bonchev–Trinajstić information content (AvgIpc) is 2.96. The maximum Gasteiger partial charge on any atom is 0.270 e. The van der Waals surface area contributed by atoms with Crippen molar-refractivity contribution >= 4 is 46.3 Å². The van der Waals surface area contributed by atoms with Crippen LogP contribution < -0.4 is 30.7 Å². The number of thiazole rings is 1. The van der Waals surface area contributed by atoms with Crippen molar-refractivity contribution in [2.45, 2.75) is 27.3 Å². The molecule has 0 aliphatic heterocycles. The molecule has 0 bridgehead atoms. The predicted molar refractivity (Wildman–Crippen MR) is 110 cm³/mol. The molecule has 8 nitrogen and oxygen atoms in total. The van der Waals surface area contributed by atoms with Gasteiger partial charge in [0.1, 0.15) is 15.3 Å². The van der Waals surface area contributed by atoms with Crippen LogP contribution in [0, 0.1) is 11.3 Å². The van der Waals surface area contributed by atoms with Crippen LogP contribution in [0.25, 0.3) is 11.8 Å². The van der Waals surface area contributed by atoms with E-state index in [1.165, 1.54) is 17.7 Å². The van der Waals surface area contributed by atoms with Crippen LogP contribution in [-0.4, -0.2) is 22.9 Å². The van der Waals surface area contributed by atoms with Crippen molar-refractivity contribution in [3.05, 3.63) is 43.8 Å². The number of nitriles is 1. The summed E-state index contributed by atoms with van der Waals surface area (Å²) in [7, 11) is 0. The zero-order valence-corrected chi connectivity index (χ0v) is 16.6. The SMILES string of the molecule is CCNC(=O)C(C#N)=c1sc(=CNc2cccc(NC(C)=O)c2)c(=O)n1CC. The molecule has 3 N–H and O–H groups in total. The standard InChI is InChI=1S/C19H21N5O3S/c1-4-21-17(26)15(10-20)19-24(5-2)18(27)16(28-19)11-22-13-7-6-8-14(9-13)23-12(3)25/h6-9,11,22H,4-5H2,1-3H3,(H,21,26)(H,23,25). The van der Waals surface area contributed by atoms with Crippen molar-refractivity contribution < 1.29 is 9.59 Å². The van der Waals surface area contributed by atoms with Crippen LogP contribution in [0.3, 0.4) is 0 Å². The Hall–Kier alpha value is -3.38. The van der Waals surface area contributed by atoms with Gasteiger partial charge in [-0.3, -0.25) is 19.0 Å². The van der Waals surface area contributed by atoms with Gasteiger partial charge in [-0.15, -0.1) is 11.3 Å². The first-order valence-electron chi connectivity index (χ1n) is 8.67. The number of amides is 2. The van der Waals surface area contributed by atoms with Gasteiger partial charge in [0.2, 0.25) is 5.91 Å². The maximum atomic E-state index is 12.6. The Kier molecular flexibility index (Phi) is 7.12. The number of benzene rings is 1. The lowest BCUT2D eigenvalue weighted by Gasteiger charge is -2.04. The van der Waals surface area contributed by atoms with Gasteiger partial charge in [0.15, 0.2) is 5.57 Å². The van der Waals surface area contributed by atoms with Crippen LogP contribution in [0.5, 0.6) is 0 Å². The molecule has 2 aromatic rings. The van der Waals surface area contributed by atoms with Crippen molar-refractivity contribution in [1.29, 1.82) is 5.26 Å². The normalized spacial score (nSPS) is 12.1. The summed E-state index contributed by atoms with van der Waals surface area (Å²) < 4.78 is 2.08. The monoisotopic (exact) mass is 399 g/mol. The minimum atomic E-state index is -0.504. The number of aromatic nitrogens is 1. The first-order valence-corrected chi connectivity index (χ1v) is 9.49. The van der Waals surface area contributed by atoms with E-state index in [1.54, 1.807) is 38.1 Å². The highest BCUT2D eigenvalue weighted by Gasteiger charge is 2.14. The molecule has 28 heavy (non-hydrogen) atoms. The fourth-order valence-corrected chi connectivity index (χ4v) is 3.56. The summed E-state index contributed by atoms with van der Waals surface area (Å²) in [5, 5.41) is 17.7. The first kappa shape index (κ1) is 20.9. The molecule has 1 aromatic carbocycles. The lowest BCUT2D eigenvalue weighted by atomic mass is 10.3. The first-order chi connectivity index (χ1) is 13.4. The van der Waals surface area contributed by atoms with Crippen LogP contribution in [0.1, 0.15) is 20.8 Å². The Labute approximate surface area is 165 Å². The summed E-state index contributed by atoms with van der Waals surface area (Å²) in [6.45, 7) is 5.67. The highest BCUT2D eigenvalue weighted by molar-refractivity contribution is 7.07. The van der Waals surface area contributed by atoms with Crippen molar-refractivity contribution in [3.63, 3.8) is 0 Å². The molecular formula is C19H21N5O3S. The topological polar surface area (TPSA) is 116 Å². The maximum absolute atomic E-state index is 12.6. The molecule has 1 aromatic heterocycles. The average molecular weight is 399 g/mol. The van der Waals surface area contributed by atoms with Crippen molar-refractivity contribution in [2.24, 2.45) is 0 Å². The third-order valence-corrected chi connectivity index (χ3v) is 4.80. The third-order valence-electron chi connectivity index (χ3n) is 3.67. The van der Waals surface area contributed by atoms with Crippen LogP contribution in [0.2, 0.25) is 0 Å². The summed E-state index contributed by atoms with van der Waals surface area (Å²) in [5.41, 5.74) is 0.931. The molecule has 9 heteroatoms. The molecule has 0 atom stereocenters. The summed E-state index contributed by atoms with van der Waals surface area (Å²) in [4.78, 5) is 35.9. The quantitative estimate of drug-likeness (QED) is 0.656. The van der Waals surface area contributed by atoms with Gasteiger partial charge in [0.05, 0.1) is 0 Å². The van der Waals surface area contributed by atoms with E-state index in [0.29, 0.717) is 33.7 Å². The van der Waals surface area contributed by atoms with Crippen LogP contribution in [0.4, 0.5) is 11.4 Å². The molecule has 0 saturated carbocycles. The fourth-order valence-electron chi connectivity index (χ4n) is 2.48. The van der Waals surface area contributed by atoms with Gasteiger partial charge in [0, 0.05) is 37.6 Å². The highest BCUT2D eigenvalue weighted by atomic mass is 32.1. The number of hydrogen-bond acceptors (Lipinski definition) is 6. The molecule has 0 aliphatic carbocycles. The number of carbonyl (C=O) groups excluding carboxylic acids is 2. The van der Waals surface area contributed by atoms with E-state index in [-0.39, 0.29) is 17.0 Å². The second kappa shape index (κ2) is 9.53. The predicted octanol–water partition coefficient (Wildman–Crippen LogP) is 0.549. The van der Waals surface area contributed by atoms with E-state index < -0.39 is 5.91 Å². The van der Waals surface area contributed by atoms with Gasteiger partial charge in [-0.2, -0.15) is 5.26 Å². The summed E-state index contributed by atoms with van der Waals surface area (Å²) in [5.74, 6) is -0.684. The Morgan fingerprint density at radius 2 is 2.00 bits per heavy atom. The van der Waals surface area contributed by atoms with Gasteiger partial charge < -0.3 is 16.0 Å². The van der Waals surface area contributed by atoms with Gasteiger partial charge in [0.25, 0.3) is 11.5 Å². The van der Waals surface area contributed by atoms with E-state index in [1.807, 2.05) is 6.07 Å². The molecule has 0 aliphatic rings. The van der Waals surface area contributed by atoms with Crippen molar-refractivity contribution in [1.82, 2.24) is 9.88 Å². The summed E-state index contributed by atoms with van der Waals surface area (Å²) >= 11 is 1.07. The number of nitrogens with zero attached hydrogens (tertiary/aromatic N) is 2. The zero-order valence-electron chi connectivity index (χ0n) is 15.8. The molecule has 0 saturated heterocycles. The molecule has 0 radical (unpaired) electrons. The van der Waals surface area contributed by atoms with Gasteiger partial charge in [-0.1, -0.05) is 6.07 Å². The number of anilines is 2. The second-order valence-electron chi connectivity index (χ2n) is 5.72. The summed E-state index contributed by atoms with van der Waals surface area (Å²) in [6, 6.07) is 8.93. The molecule has 0 fully saturated rings. The van der Waals surface area contributed by atoms with Crippen molar-refractivity contribution in [2.75, 3.05) is 17.2 Å². The molecule has 2 rings (SSSR count). The van der Waals surface area contributed by atoms with E-state index >= 15 is 0 Å². The van der Waals surface area contributed by atoms with Gasteiger partial charge in [-0.25, -0.2) is 0 Å². The molecule has 0 spiro atoms. The molecule has 0 unspecified atom stereocenters. The Bertz CT molecular complexity index is 1110. The lowest BCUT2D eigenvalue weighted by Crippen LogP contribution is -2.34. The fraction of sp³-hybridized carbons (Fsp3) is 0.263. The summed E-state index contributed by atoms with van der Waals surface area (Å²) in [6.07, 6.45) is 1.53. The largest absolute Gasteiger partial charge is 0.360 e. The highest BCUT2D eigenvalue weighted by Crippen LogP contribution is 2.14. The zero-order chi connectivity index (χ0) is 20.7. The molecule has 146 valence electrons. The van der Waals surface area contributed by atoms with Gasteiger partial charge in [-0.05, 0) is 32.0 Å². The third kappa shape index (κ3) is 4.86. The Morgan fingerprint density at radius 1 is 1.29 bits per heavy atom. The second-order valence-corrected chi connectivity index (χ2v) is 6.75. The smallest absolute Gasteiger partial charge is 0.270 e. The van der Waals surface area contributed by atoms with Crippen LogP contribution in [0.15, 0.2) is 29.1 Å². The minimum Gasteiger partial charge on any atom is -0.360 e.